The predicted octanol–water partition coefficient (Wildman–Crippen LogP) is 3.92. The van der Waals surface area contributed by atoms with E-state index < -0.39 is 5.82 Å². The second kappa shape index (κ2) is 7.57. The van der Waals surface area contributed by atoms with Crippen LogP contribution in [0.3, 0.4) is 0 Å². The third kappa shape index (κ3) is 4.12. The van der Waals surface area contributed by atoms with E-state index >= 15 is 0 Å². The number of rotatable bonds is 4. The van der Waals surface area contributed by atoms with Crippen LogP contribution in [0.15, 0.2) is 42.5 Å². The Balaban J connectivity index is 1.68. The molecule has 2 aromatic rings. The molecule has 6 heteroatoms. The Kier molecular flexibility index (Phi) is 5.24. The molecule has 0 radical (unpaired) electrons. The molecule has 0 N–H and O–H groups in total. The van der Waals surface area contributed by atoms with Gasteiger partial charge in [0.2, 0.25) is 5.91 Å². The molecule has 0 atom stereocenters. The lowest BCUT2D eigenvalue weighted by atomic mass is 10.1. The Morgan fingerprint density at radius 2 is 2.00 bits per heavy atom. The van der Waals surface area contributed by atoms with Crippen LogP contribution in [-0.2, 0) is 11.3 Å². The maximum Gasteiger partial charge on any atom is 0.246 e. The van der Waals surface area contributed by atoms with Gasteiger partial charge in [-0.3, -0.25) is 4.79 Å². The van der Waals surface area contributed by atoms with Gasteiger partial charge in [0.25, 0.3) is 0 Å². The molecule has 130 valence electrons. The fourth-order valence-corrected chi connectivity index (χ4v) is 2.68. The fraction of sp³-hybridized carbons (Fsp3) is 0.211. The van der Waals surface area contributed by atoms with Gasteiger partial charge < -0.3 is 14.4 Å². The lowest BCUT2D eigenvalue weighted by Crippen LogP contribution is -2.24. The number of hydrogen-bond donors (Lipinski definition) is 0. The zero-order chi connectivity index (χ0) is 17.8. The molecule has 0 saturated carbocycles. The van der Waals surface area contributed by atoms with Gasteiger partial charge in [-0.15, -0.1) is 0 Å². The number of hydrogen-bond acceptors (Lipinski definition) is 3. The third-order valence-corrected chi connectivity index (χ3v) is 4.17. The Hall–Kier alpha value is -2.53. The van der Waals surface area contributed by atoms with Crippen molar-refractivity contribution < 1.29 is 18.7 Å². The number of halogens is 2. The van der Waals surface area contributed by atoms with Crippen molar-refractivity contribution in [2.45, 2.75) is 6.54 Å². The molecule has 3 rings (SSSR count). The van der Waals surface area contributed by atoms with E-state index in [-0.39, 0.29) is 12.5 Å². The second-order valence-corrected chi connectivity index (χ2v) is 6.04. The first-order chi connectivity index (χ1) is 12.0. The summed E-state index contributed by atoms with van der Waals surface area (Å²) in [7, 11) is 1.60. The highest BCUT2D eigenvalue weighted by Crippen LogP contribution is 2.31. The minimum atomic E-state index is -0.428. The van der Waals surface area contributed by atoms with Crippen LogP contribution < -0.4 is 9.47 Å². The molecule has 4 nitrogen and oxygen atoms in total. The van der Waals surface area contributed by atoms with Crippen molar-refractivity contribution in [2.75, 3.05) is 20.3 Å². The van der Waals surface area contributed by atoms with Gasteiger partial charge in [0.1, 0.15) is 19.0 Å². The van der Waals surface area contributed by atoms with Crippen molar-refractivity contribution in [1.29, 1.82) is 0 Å². The summed E-state index contributed by atoms with van der Waals surface area (Å²) in [5.41, 5.74) is 1.11. The van der Waals surface area contributed by atoms with E-state index in [1.54, 1.807) is 19.2 Å². The highest BCUT2D eigenvalue weighted by Gasteiger charge is 2.13. The topological polar surface area (TPSA) is 38.8 Å². The summed E-state index contributed by atoms with van der Waals surface area (Å²) < 4.78 is 24.8. The Labute approximate surface area is 150 Å². The van der Waals surface area contributed by atoms with E-state index in [1.165, 1.54) is 23.1 Å². The molecule has 0 fully saturated rings. The quantitative estimate of drug-likeness (QED) is 0.775. The van der Waals surface area contributed by atoms with Crippen molar-refractivity contribution in [3.63, 3.8) is 0 Å². The molecule has 25 heavy (non-hydrogen) atoms. The molecule has 0 aliphatic carbocycles. The minimum Gasteiger partial charge on any atom is -0.486 e. The van der Waals surface area contributed by atoms with Crippen LogP contribution in [-0.4, -0.2) is 31.1 Å². The van der Waals surface area contributed by atoms with Crippen molar-refractivity contribution in [3.05, 3.63) is 64.4 Å². The Morgan fingerprint density at radius 1 is 1.24 bits per heavy atom. The van der Waals surface area contributed by atoms with Crippen molar-refractivity contribution >= 4 is 23.6 Å². The first kappa shape index (κ1) is 17.3. The van der Waals surface area contributed by atoms with Crippen molar-refractivity contribution in [1.82, 2.24) is 4.90 Å². The standard InChI is InChI=1S/C19H17ClFNO3/c1-22(12-14-15(20)3-2-4-16(14)21)19(23)8-6-13-5-7-17-18(11-13)25-10-9-24-17/h2-8,11H,9-10,12H2,1H3/b8-6+. The smallest absolute Gasteiger partial charge is 0.246 e. The van der Waals surface area contributed by atoms with Crippen molar-refractivity contribution in [2.24, 2.45) is 0 Å². The molecule has 0 spiro atoms. The molecular weight excluding hydrogens is 345 g/mol. The van der Waals surface area contributed by atoms with Crippen LogP contribution in [0.25, 0.3) is 6.08 Å². The zero-order valence-corrected chi connectivity index (χ0v) is 14.4. The number of fused-ring (bicyclic) bond motifs is 1. The maximum absolute atomic E-state index is 13.8. The maximum atomic E-state index is 13.8. The highest BCUT2D eigenvalue weighted by molar-refractivity contribution is 6.31. The Morgan fingerprint density at radius 3 is 2.76 bits per heavy atom. The summed E-state index contributed by atoms with van der Waals surface area (Å²) in [6, 6.07) is 9.91. The van der Waals surface area contributed by atoms with Gasteiger partial charge in [-0.2, -0.15) is 0 Å². The van der Waals surface area contributed by atoms with E-state index in [4.69, 9.17) is 21.1 Å². The minimum absolute atomic E-state index is 0.0931. The SMILES string of the molecule is CN(Cc1c(F)cccc1Cl)C(=O)/C=C/c1ccc2c(c1)OCCO2. The molecule has 0 saturated heterocycles. The summed E-state index contributed by atoms with van der Waals surface area (Å²) in [5, 5.41) is 0.301. The first-order valence-corrected chi connectivity index (χ1v) is 8.18. The second-order valence-electron chi connectivity index (χ2n) is 5.63. The summed E-state index contributed by atoms with van der Waals surface area (Å²) in [4.78, 5) is 13.7. The number of amides is 1. The van der Waals surface area contributed by atoms with Gasteiger partial charge in [-0.1, -0.05) is 23.7 Å². The van der Waals surface area contributed by atoms with Gasteiger partial charge in [0.15, 0.2) is 11.5 Å². The summed E-state index contributed by atoms with van der Waals surface area (Å²) >= 11 is 6.00. The lowest BCUT2D eigenvalue weighted by molar-refractivity contribution is -0.125. The largest absolute Gasteiger partial charge is 0.486 e. The number of carbonyl (C=O) groups excluding carboxylic acids is 1. The first-order valence-electron chi connectivity index (χ1n) is 7.80. The van der Waals surface area contributed by atoms with E-state index in [2.05, 4.69) is 0 Å². The monoisotopic (exact) mass is 361 g/mol. The van der Waals surface area contributed by atoms with Crippen molar-refractivity contribution in [3.8, 4) is 11.5 Å². The highest BCUT2D eigenvalue weighted by atomic mass is 35.5. The predicted molar refractivity (Wildman–Crippen MR) is 94.4 cm³/mol. The average molecular weight is 362 g/mol. The molecule has 0 unspecified atom stereocenters. The van der Waals surface area contributed by atoms with E-state index in [0.717, 1.165) is 5.56 Å². The van der Waals surface area contributed by atoms with Crippen LogP contribution in [0.1, 0.15) is 11.1 Å². The van der Waals surface area contributed by atoms with Crippen LogP contribution in [0.5, 0.6) is 11.5 Å². The number of benzene rings is 2. The summed E-state index contributed by atoms with van der Waals surface area (Å²) in [6.45, 7) is 1.13. The van der Waals surface area contributed by atoms with Crippen LogP contribution in [0.2, 0.25) is 5.02 Å². The van der Waals surface area contributed by atoms with Crippen LogP contribution >= 0.6 is 11.6 Å². The van der Waals surface area contributed by atoms with Gasteiger partial charge >= 0.3 is 0 Å². The molecule has 1 heterocycles. The summed E-state index contributed by atoms with van der Waals surface area (Å²) in [6.07, 6.45) is 3.11. The van der Waals surface area contributed by atoms with Gasteiger partial charge in [0, 0.05) is 30.3 Å². The number of nitrogens with zero attached hydrogens (tertiary/aromatic N) is 1. The lowest BCUT2D eigenvalue weighted by Gasteiger charge is -2.18. The molecule has 1 amide bonds. The van der Waals surface area contributed by atoms with E-state index in [9.17, 15) is 9.18 Å². The van der Waals surface area contributed by atoms with E-state index in [1.807, 2.05) is 18.2 Å². The third-order valence-electron chi connectivity index (χ3n) is 3.82. The molecule has 2 aromatic carbocycles. The van der Waals surface area contributed by atoms with Gasteiger partial charge in [-0.05, 0) is 35.9 Å². The number of ether oxygens (including phenoxy) is 2. The molecular formula is C19H17ClFNO3. The van der Waals surface area contributed by atoms with Crippen LogP contribution in [0, 0.1) is 5.82 Å². The van der Waals surface area contributed by atoms with Gasteiger partial charge in [0.05, 0.1) is 0 Å². The molecule has 1 aliphatic rings. The number of likely N-dealkylation sites (N-methyl/N-ethyl adjacent to an activating group) is 1. The molecule has 0 bridgehead atoms. The average Bonchev–Trinajstić information content (AvgIpc) is 2.62. The van der Waals surface area contributed by atoms with Crippen LogP contribution in [0.4, 0.5) is 4.39 Å². The van der Waals surface area contributed by atoms with Gasteiger partial charge in [-0.25, -0.2) is 4.39 Å². The molecule has 0 aromatic heterocycles. The fourth-order valence-electron chi connectivity index (χ4n) is 2.46. The van der Waals surface area contributed by atoms with E-state index in [0.29, 0.717) is 35.3 Å². The normalized spacial score (nSPS) is 13.1. The molecule has 1 aliphatic heterocycles. The zero-order valence-electron chi connectivity index (χ0n) is 13.7. The summed E-state index contributed by atoms with van der Waals surface area (Å²) in [5.74, 6) is 0.672. The Bertz CT molecular complexity index is 802. The number of carbonyl (C=O) groups is 1.